The molecule has 0 aromatic carbocycles. The highest BCUT2D eigenvalue weighted by Crippen LogP contribution is 2.26. The van der Waals surface area contributed by atoms with E-state index in [0.717, 1.165) is 5.82 Å². The highest BCUT2D eigenvalue weighted by molar-refractivity contribution is 6.36. The van der Waals surface area contributed by atoms with Crippen molar-refractivity contribution < 1.29 is 0 Å². The number of imidazole rings is 1. The molecule has 0 saturated heterocycles. The molecular formula is C12H15ClN6. The van der Waals surface area contributed by atoms with Crippen LogP contribution < -0.4 is 10.6 Å². The van der Waals surface area contributed by atoms with Gasteiger partial charge >= 0.3 is 0 Å². The first kappa shape index (κ1) is 13.4. The molecule has 0 radical (unpaired) electrons. The highest BCUT2D eigenvalue weighted by atomic mass is 35.5. The molecule has 0 fully saturated rings. The molecule has 2 aromatic rings. The number of nitrogen functional groups attached to an aromatic ring is 1. The summed E-state index contributed by atoms with van der Waals surface area (Å²) in [6, 6.07) is 1.63. The largest absolute Gasteiger partial charge is 0.384 e. The Morgan fingerprint density at radius 2 is 2.21 bits per heavy atom. The lowest BCUT2D eigenvalue weighted by Crippen LogP contribution is -2.22. The van der Waals surface area contributed by atoms with Crippen molar-refractivity contribution in [3.63, 3.8) is 0 Å². The van der Waals surface area contributed by atoms with Gasteiger partial charge in [0.25, 0.3) is 0 Å². The topological polar surface area (TPSA) is 83.8 Å². The van der Waals surface area contributed by atoms with Gasteiger partial charge in [-0.2, -0.15) is 0 Å². The van der Waals surface area contributed by atoms with Gasteiger partial charge in [0.15, 0.2) is 0 Å². The van der Waals surface area contributed by atoms with Crippen molar-refractivity contribution in [3.05, 3.63) is 41.1 Å². The number of rotatable bonds is 4. The van der Waals surface area contributed by atoms with Crippen LogP contribution in [0.2, 0.25) is 5.02 Å². The molecule has 0 atom stereocenters. The predicted molar refractivity (Wildman–Crippen MR) is 75.6 cm³/mol. The summed E-state index contributed by atoms with van der Waals surface area (Å²) in [6.45, 7) is 0.567. The summed E-state index contributed by atoms with van der Waals surface area (Å²) in [4.78, 5) is 10.4. The molecule has 2 rings (SSSR count). The monoisotopic (exact) mass is 278 g/mol. The number of halogens is 1. The Kier molecular flexibility index (Phi) is 3.71. The Morgan fingerprint density at radius 1 is 1.47 bits per heavy atom. The van der Waals surface area contributed by atoms with Gasteiger partial charge in [-0.25, -0.2) is 9.97 Å². The van der Waals surface area contributed by atoms with E-state index in [0.29, 0.717) is 22.9 Å². The SMILES string of the molecule is CN(Cc1nccn1C)c1nccc(C(=N)N)c1Cl. The van der Waals surface area contributed by atoms with Crippen molar-refractivity contribution >= 4 is 23.3 Å². The first-order valence-corrected chi connectivity index (χ1v) is 6.04. The molecule has 0 amide bonds. The number of nitrogens with one attached hydrogen (secondary N) is 1. The first-order chi connectivity index (χ1) is 9.00. The van der Waals surface area contributed by atoms with Crippen molar-refractivity contribution in [1.29, 1.82) is 5.41 Å². The number of amidine groups is 1. The van der Waals surface area contributed by atoms with Gasteiger partial charge in [0.1, 0.15) is 17.5 Å². The second-order valence-corrected chi connectivity index (χ2v) is 4.60. The molecule has 19 heavy (non-hydrogen) atoms. The molecule has 2 aromatic heterocycles. The van der Waals surface area contributed by atoms with E-state index in [1.807, 2.05) is 29.8 Å². The second-order valence-electron chi connectivity index (χ2n) is 4.22. The maximum atomic E-state index is 7.47. The molecule has 0 aliphatic heterocycles. The molecule has 3 N–H and O–H groups in total. The average molecular weight is 279 g/mol. The summed E-state index contributed by atoms with van der Waals surface area (Å²) < 4.78 is 1.93. The molecule has 0 bridgehead atoms. The Bertz CT molecular complexity index is 606. The van der Waals surface area contributed by atoms with Gasteiger partial charge in [-0.15, -0.1) is 0 Å². The number of aryl methyl sites for hydroxylation is 1. The lowest BCUT2D eigenvalue weighted by molar-refractivity contribution is 0.755. The van der Waals surface area contributed by atoms with Crippen LogP contribution >= 0.6 is 11.6 Å². The molecule has 2 heterocycles. The minimum Gasteiger partial charge on any atom is -0.384 e. The summed E-state index contributed by atoms with van der Waals surface area (Å²) in [6.07, 6.45) is 5.21. The van der Waals surface area contributed by atoms with Gasteiger partial charge in [-0.3, -0.25) is 5.41 Å². The van der Waals surface area contributed by atoms with Crippen LogP contribution in [0.1, 0.15) is 11.4 Å². The minimum atomic E-state index is -0.0703. The lowest BCUT2D eigenvalue weighted by atomic mass is 10.2. The van der Waals surface area contributed by atoms with E-state index in [1.54, 1.807) is 18.5 Å². The Balaban J connectivity index is 2.29. The van der Waals surface area contributed by atoms with Crippen LogP contribution in [0.3, 0.4) is 0 Å². The van der Waals surface area contributed by atoms with E-state index < -0.39 is 0 Å². The van der Waals surface area contributed by atoms with Crippen molar-refractivity contribution in [2.45, 2.75) is 6.54 Å². The van der Waals surface area contributed by atoms with E-state index >= 15 is 0 Å². The Morgan fingerprint density at radius 3 is 2.79 bits per heavy atom. The number of nitrogens with zero attached hydrogens (tertiary/aromatic N) is 4. The molecule has 6 nitrogen and oxygen atoms in total. The third kappa shape index (κ3) is 2.68. The van der Waals surface area contributed by atoms with Gasteiger partial charge in [0.05, 0.1) is 11.6 Å². The first-order valence-electron chi connectivity index (χ1n) is 5.67. The fraction of sp³-hybridized carbons (Fsp3) is 0.250. The molecule has 0 saturated carbocycles. The Hall–Kier alpha value is -2.08. The fourth-order valence-corrected chi connectivity index (χ4v) is 2.10. The normalized spacial score (nSPS) is 10.5. The van der Waals surface area contributed by atoms with Crippen molar-refractivity contribution in [2.24, 2.45) is 12.8 Å². The standard InChI is InChI=1S/C12H15ClN6/c1-18-6-5-16-9(18)7-19(2)12-10(13)8(11(14)15)3-4-17-12/h3-6H,7H2,1-2H3,(H3,14,15). The fourth-order valence-electron chi connectivity index (χ4n) is 1.74. The van der Waals surface area contributed by atoms with Crippen molar-refractivity contribution in [1.82, 2.24) is 14.5 Å². The summed E-state index contributed by atoms with van der Waals surface area (Å²) >= 11 is 6.23. The van der Waals surface area contributed by atoms with E-state index in [2.05, 4.69) is 9.97 Å². The molecule has 7 heteroatoms. The van der Waals surface area contributed by atoms with Crippen LogP contribution in [0, 0.1) is 5.41 Å². The number of hydrogen-bond donors (Lipinski definition) is 2. The van der Waals surface area contributed by atoms with Gasteiger partial charge in [0, 0.05) is 38.2 Å². The van der Waals surface area contributed by atoms with Crippen LogP contribution in [-0.4, -0.2) is 27.4 Å². The molecule has 0 aliphatic carbocycles. The summed E-state index contributed by atoms with van der Waals surface area (Å²) in [5.41, 5.74) is 5.96. The third-order valence-electron chi connectivity index (χ3n) is 2.82. The number of hydrogen-bond acceptors (Lipinski definition) is 4. The third-order valence-corrected chi connectivity index (χ3v) is 3.19. The van der Waals surface area contributed by atoms with E-state index in [4.69, 9.17) is 22.7 Å². The van der Waals surface area contributed by atoms with Crippen LogP contribution in [0.25, 0.3) is 0 Å². The maximum absolute atomic E-state index is 7.47. The Labute approximate surface area is 116 Å². The summed E-state index contributed by atoms with van der Waals surface area (Å²) in [5.74, 6) is 1.41. The minimum absolute atomic E-state index is 0.0703. The number of pyridine rings is 1. The highest BCUT2D eigenvalue weighted by Gasteiger charge is 2.14. The molecule has 0 spiro atoms. The average Bonchev–Trinajstić information content (AvgIpc) is 2.74. The molecular weight excluding hydrogens is 264 g/mol. The van der Waals surface area contributed by atoms with E-state index in [9.17, 15) is 0 Å². The summed E-state index contributed by atoms with van der Waals surface area (Å²) in [7, 11) is 3.80. The van der Waals surface area contributed by atoms with E-state index in [-0.39, 0.29) is 5.84 Å². The summed E-state index contributed by atoms with van der Waals surface area (Å²) in [5, 5.41) is 7.86. The lowest BCUT2D eigenvalue weighted by Gasteiger charge is -2.20. The van der Waals surface area contributed by atoms with Crippen LogP contribution in [0.5, 0.6) is 0 Å². The van der Waals surface area contributed by atoms with Crippen LogP contribution in [0.4, 0.5) is 5.82 Å². The smallest absolute Gasteiger partial charge is 0.148 e. The van der Waals surface area contributed by atoms with Gasteiger partial charge in [-0.1, -0.05) is 11.6 Å². The second kappa shape index (κ2) is 5.27. The van der Waals surface area contributed by atoms with Crippen molar-refractivity contribution in [3.8, 4) is 0 Å². The maximum Gasteiger partial charge on any atom is 0.148 e. The zero-order chi connectivity index (χ0) is 14.0. The number of aromatic nitrogens is 3. The van der Waals surface area contributed by atoms with Gasteiger partial charge in [0.2, 0.25) is 0 Å². The zero-order valence-corrected chi connectivity index (χ0v) is 11.5. The van der Waals surface area contributed by atoms with Crippen molar-refractivity contribution in [2.75, 3.05) is 11.9 Å². The quantitative estimate of drug-likeness (QED) is 0.654. The molecule has 0 unspecified atom stereocenters. The van der Waals surface area contributed by atoms with Gasteiger partial charge < -0.3 is 15.2 Å². The molecule has 0 aliphatic rings. The van der Waals surface area contributed by atoms with E-state index in [1.165, 1.54) is 0 Å². The van der Waals surface area contributed by atoms with Crippen LogP contribution in [0.15, 0.2) is 24.7 Å². The van der Waals surface area contributed by atoms with Crippen LogP contribution in [-0.2, 0) is 13.6 Å². The number of nitrogens with two attached hydrogens (primary N) is 1. The van der Waals surface area contributed by atoms with Gasteiger partial charge in [-0.05, 0) is 6.07 Å². The predicted octanol–water partition coefficient (Wildman–Crippen LogP) is 1.39. The molecule has 100 valence electrons. The number of anilines is 1. The zero-order valence-electron chi connectivity index (χ0n) is 10.8.